The predicted octanol–water partition coefficient (Wildman–Crippen LogP) is -0.00398. The van der Waals surface area contributed by atoms with Crippen molar-refractivity contribution < 1.29 is 29.4 Å². The summed E-state index contributed by atoms with van der Waals surface area (Å²) in [6.07, 6.45) is 0.625. The van der Waals surface area contributed by atoms with Crippen molar-refractivity contribution in [2.24, 2.45) is 0 Å². The van der Waals surface area contributed by atoms with E-state index in [1.807, 2.05) is 13.0 Å². The van der Waals surface area contributed by atoms with Gasteiger partial charge >= 0.3 is 0 Å². The Balaban J connectivity index is -0.000000144. The molecule has 112 valence electrons. The number of hydrogen-bond donors (Lipinski definition) is 1. The maximum absolute atomic E-state index is 10.8. The molecule has 0 heterocycles. The molecule has 0 radical (unpaired) electrons. The van der Waals surface area contributed by atoms with Crippen LogP contribution in [0.25, 0.3) is 0 Å². The maximum atomic E-state index is 10.8. The molecule has 0 saturated heterocycles. The third-order valence-electron chi connectivity index (χ3n) is 1.99. The van der Waals surface area contributed by atoms with Crippen LogP contribution in [0.1, 0.15) is 24.5 Å². The zero-order valence-electron chi connectivity index (χ0n) is 11.1. The second-order valence-electron chi connectivity index (χ2n) is 3.18. The Labute approximate surface area is 113 Å². The Bertz CT molecular complexity index is 492. The molecule has 19 heavy (non-hydrogen) atoms. The first-order chi connectivity index (χ1) is 7.34. The monoisotopic (exact) mass is 295 g/mol. The number of hydrogen-bond acceptors (Lipinski definition) is 3. The standard InChI is InChI=1S/C8H10O3S.C3H5N.3H2O/c1-6-4-3-5-8(7(6)2)12(9,10)11;1-2-3-4;;;/h3-5H,1-2H3,(H,9,10,11);2H2,1H3;3*1H2. The van der Waals surface area contributed by atoms with Crippen molar-refractivity contribution in [3.8, 4) is 6.07 Å². The van der Waals surface area contributed by atoms with Gasteiger partial charge in [-0.05, 0) is 31.0 Å². The molecule has 8 heteroatoms. The lowest BCUT2D eigenvalue weighted by atomic mass is 10.1. The van der Waals surface area contributed by atoms with E-state index in [1.54, 1.807) is 26.0 Å². The lowest BCUT2D eigenvalue weighted by Gasteiger charge is -2.03. The van der Waals surface area contributed by atoms with E-state index in [2.05, 4.69) is 0 Å². The molecule has 0 spiro atoms. The largest absolute Gasteiger partial charge is 0.412 e. The van der Waals surface area contributed by atoms with Crippen LogP contribution < -0.4 is 0 Å². The van der Waals surface area contributed by atoms with Crippen LogP contribution in [0.5, 0.6) is 0 Å². The zero-order chi connectivity index (χ0) is 12.8. The Hall–Kier alpha value is -1.50. The van der Waals surface area contributed by atoms with E-state index >= 15 is 0 Å². The van der Waals surface area contributed by atoms with Gasteiger partial charge in [0.15, 0.2) is 0 Å². The van der Waals surface area contributed by atoms with Crippen LogP contribution in [-0.2, 0) is 10.1 Å². The van der Waals surface area contributed by atoms with Crippen LogP contribution in [0, 0.1) is 25.2 Å². The highest BCUT2D eigenvalue weighted by Gasteiger charge is 2.12. The molecule has 1 rings (SSSR count). The molecule has 1 aromatic rings. The first-order valence-electron chi connectivity index (χ1n) is 4.75. The van der Waals surface area contributed by atoms with Gasteiger partial charge in [-0.3, -0.25) is 4.55 Å². The summed E-state index contributed by atoms with van der Waals surface area (Å²) in [6, 6.07) is 6.72. The van der Waals surface area contributed by atoms with Gasteiger partial charge in [0.2, 0.25) is 0 Å². The van der Waals surface area contributed by atoms with E-state index in [0.717, 1.165) is 5.56 Å². The summed E-state index contributed by atoms with van der Waals surface area (Å²) in [6.45, 7) is 5.28. The summed E-state index contributed by atoms with van der Waals surface area (Å²) in [5, 5.41) is 7.62. The predicted molar refractivity (Wildman–Crippen MR) is 72.5 cm³/mol. The average Bonchev–Trinajstić information content (AvgIpc) is 2.21. The first-order valence-corrected chi connectivity index (χ1v) is 6.19. The molecule has 0 aliphatic rings. The molecule has 0 bridgehead atoms. The smallest absolute Gasteiger partial charge is 0.294 e. The molecule has 0 aromatic heterocycles. The van der Waals surface area contributed by atoms with Gasteiger partial charge in [-0.1, -0.05) is 19.1 Å². The van der Waals surface area contributed by atoms with E-state index in [1.165, 1.54) is 6.07 Å². The van der Waals surface area contributed by atoms with Crippen LogP contribution in [0.2, 0.25) is 0 Å². The van der Waals surface area contributed by atoms with Crippen molar-refractivity contribution in [1.29, 1.82) is 5.26 Å². The molecule has 0 fully saturated rings. The average molecular weight is 295 g/mol. The van der Waals surface area contributed by atoms with E-state index in [0.29, 0.717) is 12.0 Å². The fourth-order valence-electron chi connectivity index (χ4n) is 1.00. The Morgan fingerprint density at radius 3 is 1.89 bits per heavy atom. The second kappa shape index (κ2) is 11.6. The van der Waals surface area contributed by atoms with E-state index in [9.17, 15) is 8.42 Å². The van der Waals surface area contributed by atoms with Gasteiger partial charge in [0, 0.05) is 6.42 Å². The highest BCUT2D eigenvalue weighted by molar-refractivity contribution is 7.85. The molecule has 0 aliphatic heterocycles. The summed E-state index contributed by atoms with van der Waals surface area (Å²) in [4.78, 5) is -0.0116. The van der Waals surface area contributed by atoms with Gasteiger partial charge in [-0.2, -0.15) is 13.7 Å². The molecule has 0 aliphatic carbocycles. The van der Waals surface area contributed by atoms with Crippen molar-refractivity contribution >= 4 is 10.1 Å². The van der Waals surface area contributed by atoms with Gasteiger partial charge in [0.25, 0.3) is 10.1 Å². The van der Waals surface area contributed by atoms with Crippen LogP contribution in [0.3, 0.4) is 0 Å². The molecule has 0 atom stereocenters. The lowest BCUT2D eigenvalue weighted by Crippen LogP contribution is -2.01. The van der Waals surface area contributed by atoms with Crippen molar-refractivity contribution in [3.05, 3.63) is 29.3 Å². The molecular weight excluding hydrogens is 274 g/mol. The van der Waals surface area contributed by atoms with E-state index < -0.39 is 10.1 Å². The second-order valence-corrected chi connectivity index (χ2v) is 4.57. The number of nitriles is 1. The van der Waals surface area contributed by atoms with Crippen molar-refractivity contribution in [1.82, 2.24) is 0 Å². The number of rotatable bonds is 1. The molecule has 0 saturated carbocycles. The summed E-state index contributed by atoms with van der Waals surface area (Å²) >= 11 is 0. The Morgan fingerprint density at radius 1 is 1.21 bits per heavy atom. The molecule has 0 amide bonds. The third-order valence-corrected chi connectivity index (χ3v) is 2.99. The fourth-order valence-corrected chi connectivity index (χ4v) is 1.80. The highest BCUT2D eigenvalue weighted by atomic mass is 32.2. The molecular formula is C11H21NO6S. The van der Waals surface area contributed by atoms with Crippen molar-refractivity contribution in [3.63, 3.8) is 0 Å². The minimum atomic E-state index is -4.06. The van der Waals surface area contributed by atoms with E-state index in [-0.39, 0.29) is 21.3 Å². The number of benzene rings is 1. The minimum Gasteiger partial charge on any atom is -0.412 e. The highest BCUT2D eigenvalue weighted by Crippen LogP contribution is 2.17. The summed E-state index contributed by atoms with van der Waals surface area (Å²) in [5.74, 6) is 0. The molecule has 1 aromatic carbocycles. The first kappa shape index (κ1) is 26.1. The van der Waals surface area contributed by atoms with Gasteiger partial charge in [-0.25, -0.2) is 0 Å². The normalized spacial score (nSPS) is 8.37. The van der Waals surface area contributed by atoms with E-state index in [4.69, 9.17) is 9.81 Å². The summed E-state index contributed by atoms with van der Waals surface area (Å²) < 4.78 is 30.3. The Kier molecular flexibility index (Phi) is 15.9. The lowest BCUT2D eigenvalue weighted by molar-refractivity contribution is 0.482. The van der Waals surface area contributed by atoms with Crippen LogP contribution in [0.15, 0.2) is 23.1 Å². The van der Waals surface area contributed by atoms with Crippen molar-refractivity contribution in [2.45, 2.75) is 32.1 Å². The topological polar surface area (TPSA) is 173 Å². The number of nitrogens with zero attached hydrogens (tertiary/aromatic N) is 1. The third kappa shape index (κ3) is 9.12. The summed E-state index contributed by atoms with van der Waals surface area (Å²) in [5.41, 5.74) is 1.45. The van der Waals surface area contributed by atoms with Crippen LogP contribution >= 0.6 is 0 Å². The van der Waals surface area contributed by atoms with Crippen LogP contribution in [-0.4, -0.2) is 29.4 Å². The zero-order valence-corrected chi connectivity index (χ0v) is 11.9. The summed E-state index contributed by atoms with van der Waals surface area (Å²) in [7, 11) is -4.06. The fraction of sp³-hybridized carbons (Fsp3) is 0.364. The molecule has 0 unspecified atom stereocenters. The maximum Gasteiger partial charge on any atom is 0.294 e. The van der Waals surface area contributed by atoms with Gasteiger partial charge < -0.3 is 16.4 Å². The van der Waals surface area contributed by atoms with Gasteiger partial charge in [0.05, 0.1) is 11.0 Å². The molecule has 7 N–H and O–H groups in total. The molecule has 7 nitrogen and oxygen atoms in total. The SMILES string of the molecule is CCC#N.Cc1cccc(S(=O)(=O)O)c1C.O.O.O. The quantitative estimate of drug-likeness (QED) is 0.718. The van der Waals surface area contributed by atoms with Crippen molar-refractivity contribution in [2.75, 3.05) is 0 Å². The number of aryl methyl sites for hydroxylation is 1. The minimum absolute atomic E-state index is 0. The van der Waals surface area contributed by atoms with Gasteiger partial charge in [0.1, 0.15) is 0 Å². The Morgan fingerprint density at radius 2 is 1.63 bits per heavy atom. The van der Waals surface area contributed by atoms with Gasteiger partial charge in [-0.15, -0.1) is 0 Å². The van der Waals surface area contributed by atoms with Crippen LogP contribution in [0.4, 0.5) is 0 Å².